The van der Waals surface area contributed by atoms with E-state index in [1.165, 1.54) is 7.11 Å². The summed E-state index contributed by atoms with van der Waals surface area (Å²) in [6.07, 6.45) is 0.569. The van der Waals surface area contributed by atoms with Crippen LogP contribution in [0.25, 0.3) is 0 Å². The van der Waals surface area contributed by atoms with E-state index >= 15 is 0 Å². The molecule has 0 radical (unpaired) electrons. The molecule has 0 aromatic carbocycles. The van der Waals surface area contributed by atoms with E-state index < -0.39 is 9.84 Å². The van der Waals surface area contributed by atoms with Crippen molar-refractivity contribution in [1.29, 1.82) is 0 Å². The van der Waals surface area contributed by atoms with Crippen molar-refractivity contribution in [2.24, 2.45) is 5.92 Å². The van der Waals surface area contributed by atoms with Gasteiger partial charge in [0, 0.05) is 0 Å². The molecule has 0 fully saturated rings. The Labute approximate surface area is 97.5 Å². The van der Waals surface area contributed by atoms with Crippen LogP contribution in [0, 0.1) is 5.92 Å². The summed E-state index contributed by atoms with van der Waals surface area (Å²) in [5, 5.41) is 0. The quantitative estimate of drug-likeness (QED) is 0.439. The Balaban J connectivity index is 4.37. The normalized spacial score (nSPS) is 14.3. The number of hydrogen-bond acceptors (Lipinski definition) is 4. The van der Waals surface area contributed by atoms with Crippen molar-refractivity contribution in [3.05, 3.63) is 0 Å². The molecule has 0 spiro atoms. The van der Waals surface area contributed by atoms with Crippen LogP contribution >= 0.6 is 22.6 Å². The summed E-state index contributed by atoms with van der Waals surface area (Å²) >= 11 is 1.92. The van der Waals surface area contributed by atoms with Crippen molar-refractivity contribution in [2.75, 3.05) is 13.7 Å². The third-order valence-corrected chi connectivity index (χ3v) is 3.19. The lowest BCUT2D eigenvalue weighted by Gasteiger charge is -2.17. The van der Waals surface area contributed by atoms with Crippen molar-refractivity contribution < 1.29 is 19.1 Å². The fourth-order valence-electron chi connectivity index (χ4n) is 1.03. The van der Waals surface area contributed by atoms with Gasteiger partial charge in [0.2, 0.25) is 0 Å². The van der Waals surface area contributed by atoms with Gasteiger partial charge in [-0.2, -0.15) is 0 Å². The highest BCUT2D eigenvalue weighted by atomic mass is 127. The van der Waals surface area contributed by atoms with Crippen molar-refractivity contribution in [2.45, 2.75) is 24.2 Å². The Bertz CT molecular complexity index is 205. The summed E-state index contributed by atoms with van der Waals surface area (Å²) in [7, 11) is 1.32. The third-order valence-electron chi connectivity index (χ3n) is 1.81. The van der Waals surface area contributed by atoms with Crippen molar-refractivity contribution in [3.63, 3.8) is 0 Å². The van der Waals surface area contributed by atoms with Gasteiger partial charge < -0.3 is 9.47 Å². The predicted octanol–water partition coefficient (Wildman–Crippen LogP) is 1.55. The number of rotatable bonds is 5. The molecule has 0 heterocycles. The Hall–Kier alpha value is -0.330. The summed E-state index contributed by atoms with van der Waals surface area (Å²) in [6.45, 7) is 3.91. The number of carbonyl (C=O) groups excluding carboxylic acids is 2. The number of ether oxygens (including phenoxy) is 2. The number of halogens is 1. The fourth-order valence-corrected chi connectivity index (χ4v) is 2.01. The van der Waals surface area contributed by atoms with Gasteiger partial charge in [-0.3, -0.25) is 9.59 Å². The van der Waals surface area contributed by atoms with Crippen LogP contribution in [0.2, 0.25) is 0 Å². The van der Waals surface area contributed by atoms with Crippen LogP contribution in [0.3, 0.4) is 0 Å². The Morgan fingerprint density at radius 1 is 1.29 bits per heavy atom. The summed E-state index contributed by atoms with van der Waals surface area (Å²) < 4.78 is 8.96. The van der Waals surface area contributed by atoms with Crippen LogP contribution < -0.4 is 0 Å². The molecule has 0 rings (SSSR count). The van der Waals surface area contributed by atoms with E-state index in [2.05, 4.69) is 4.74 Å². The highest BCUT2D eigenvalue weighted by Gasteiger charge is 2.31. The maximum absolute atomic E-state index is 11.3. The fraction of sp³-hybridized carbons (Fsp3) is 0.778. The lowest BCUT2D eigenvalue weighted by atomic mass is 10.0. The van der Waals surface area contributed by atoms with E-state index in [0.717, 1.165) is 0 Å². The molecule has 0 saturated carbocycles. The zero-order valence-electron chi connectivity index (χ0n) is 8.58. The first-order valence-electron chi connectivity index (χ1n) is 4.46. The second-order valence-electron chi connectivity index (χ2n) is 2.69. The largest absolute Gasteiger partial charge is 0.469 e. The first-order valence-corrected chi connectivity index (χ1v) is 5.71. The van der Waals surface area contributed by atoms with E-state index in [4.69, 9.17) is 4.74 Å². The highest BCUT2D eigenvalue weighted by Crippen LogP contribution is 2.20. The lowest BCUT2D eigenvalue weighted by molar-refractivity contribution is -0.152. The molecule has 0 aromatic heterocycles. The average molecular weight is 314 g/mol. The summed E-state index contributed by atoms with van der Waals surface area (Å²) in [4.78, 5) is 22.6. The maximum atomic E-state index is 11.3. The number of hydrogen-bond donors (Lipinski definition) is 0. The third kappa shape index (κ3) is 3.81. The van der Waals surface area contributed by atoms with Gasteiger partial charge in [-0.05, 0) is 13.3 Å². The number of methoxy groups -OCH3 is 1. The highest BCUT2D eigenvalue weighted by molar-refractivity contribution is 14.1. The standard InChI is InChI=1S/C9H15IO4/c1-4-6(8(11)13-3)7(10)9(12)14-5-2/h6-7H,4-5H2,1-3H3/t6-,7+/m1/s1. The number of esters is 2. The van der Waals surface area contributed by atoms with E-state index in [1.54, 1.807) is 6.92 Å². The summed E-state index contributed by atoms with van der Waals surface area (Å²) in [6, 6.07) is 0. The molecule has 14 heavy (non-hydrogen) atoms. The monoisotopic (exact) mass is 314 g/mol. The predicted molar refractivity (Wildman–Crippen MR) is 60.2 cm³/mol. The van der Waals surface area contributed by atoms with Gasteiger partial charge in [0.05, 0.1) is 19.6 Å². The van der Waals surface area contributed by atoms with Crippen LogP contribution in [0.1, 0.15) is 20.3 Å². The first kappa shape index (κ1) is 13.7. The Morgan fingerprint density at radius 3 is 2.21 bits per heavy atom. The molecule has 0 aliphatic rings. The molecule has 0 aliphatic carbocycles. The minimum absolute atomic E-state index is 0.329. The van der Waals surface area contributed by atoms with Gasteiger partial charge in [-0.1, -0.05) is 29.5 Å². The second kappa shape index (κ2) is 7.03. The molecular weight excluding hydrogens is 299 g/mol. The lowest BCUT2D eigenvalue weighted by Crippen LogP contribution is -2.32. The molecule has 82 valence electrons. The molecule has 0 aliphatic heterocycles. The van der Waals surface area contributed by atoms with Gasteiger partial charge >= 0.3 is 11.9 Å². The van der Waals surface area contributed by atoms with Crippen LogP contribution in [-0.2, 0) is 19.1 Å². The minimum Gasteiger partial charge on any atom is -0.469 e. The molecule has 0 aromatic rings. The van der Waals surface area contributed by atoms with Gasteiger partial charge in [-0.15, -0.1) is 0 Å². The van der Waals surface area contributed by atoms with E-state index in [1.807, 2.05) is 29.5 Å². The smallest absolute Gasteiger partial charge is 0.319 e. The maximum Gasteiger partial charge on any atom is 0.319 e. The van der Waals surface area contributed by atoms with Crippen LogP contribution in [0.4, 0.5) is 0 Å². The first-order chi connectivity index (χ1) is 6.58. The van der Waals surface area contributed by atoms with E-state index in [9.17, 15) is 9.59 Å². The molecule has 0 unspecified atom stereocenters. The van der Waals surface area contributed by atoms with Gasteiger partial charge in [0.15, 0.2) is 0 Å². The number of alkyl halides is 1. The van der Waals surface area contributed by atoms with Crippen LogP contribution in [-0.4, -0.2) is 29.6 Å². The topological polar surface area (TPSA) is 52.6 Å². The zero-order chi connectivity index (χ0) is 11.1. The number of carbonyl (C=O) groups is 2. The molecule has 2 atom stereocenters. The van der Waals surface area contributed by atoms with Gasteiger partial charge in [-0.25, -0.2) is 0 Å². The molecule has 0 saturated heterocycles. The molecule has 0 N–H and O–H groups in total. The van der Waals surface area contributed by atoms with Crippen LogP contribution in [0.15, 0.2) is 0 Å². The van der Waals surface area contributed by atoms with E-state index in [-0.39, 0.29) is 11.9 Å². The van der Waals surface area contributed by atoms with Crippen LogP contribution in [0.5, 0.6) is 0 Å². The summed E-state index contributed by atoms with van der Waals surface area (Å²) in [5.74, 6) is -1.13. The SMILES string of the molecule is CCOC(=O)[C@@H](I)[C@@H](CC)C(=O)OC. The molecular formula is C9H15IO4. The summed E-state index contributed by atoms with van der Waals surface area (Å²) in [5.41, 5.74) is 0. The average Bonchev–Trinajstić information content (AvgIpc) is 2.18. The Morgan fingerprint density at radius 2 is 1.86 bits per heavy atom. The molecule has 5 heteroatoms. The van der Waals surface area contributed by atoms with E-state index in [0.29, 0.717) is 13.0 Å². The molecule has 0 amide bonds. The van der Waals surface area contributed by atoms with Crippen molar-refractivity contribution in [3.8, 4) is 0 Å². The molecule has 4 nitrogen and oxygen atoms in total. The Kier molecular flexibility index (Phi) is 6.86. The minimum atomic E-state index is -0.468. The van der Waals surface area contributed by atoms with Crippen molar-refractivity contribution >= 4 is 34.5 Å². The molecule has 0 bridgehead atoms. The van der Waals surface area contributed by atoms with Gasteiger partial charge in [0.25, 0.3) is 0 Å². The zero-order valence-corrected chi connectivity index (χ0v) is 10.7. The van der Waals surface area contributed by atoms with Gasteiger partial charge in [0.1, 0.15) is 3.92 Å². The van der Waals surface area contributed by atoms with Crippen molar-refractivity contribution in [1.82, 2.24) is 0 Å². The second-order valence-corrected chi connectivity index (χ2v) is 4.03.